The van der Waals surface area contributed by atoms with Crippen molar-refractivity contribution in [3.05, 3.63) is 0 Å². The summed E-state index contributed by atoms with van der Waals surface area (Å²) in [6.45, 7) is 0. The molecule has 2 aliphatic heterocycles. The van der Waals surface area contributed by atoms with Gasteiger partial charge in [0.15, 0.2) is 0 Å². The van der Waals surface area contributed by atoms with E-state index in [0.29, 0.717) is 12.1 Å². The predicted molar refractivity (Wildman–Crippen MR) is 49.3 cm³/mol. The van der Waals surface area contributed by atoms with E-state index in [9.17, 15) is 4.79 Å². The lowest BCUT2D eigenvalue weighted by atomic mass is 9.68. The lowest BCUT2D eigenvalue weighted by molar-refractivity contribution is 0.113. The third-order valence-corrected chi connectivity index (χ3v) is 3.81. The van der Waals surface area contributed by atoms with Crippen molar-refractivity contribution >= 4 is 6.03 Å². The van der Waals surface area contributed by atoms with Crippen LogP contribution in [0.15, 0.2) is 0 Å². The van der Waals surface area contributed by atoms with Crippen LogP contribution in [0.3, 0.4) is 0 Å². The Morgan fingerprint density at radius 1 is 0.846 bits per heavy atom. The van der Waals surface area contributed by atoms with Crippen molar-refractivity contribution in [3.8, 4) is 0 Å². The molecule has 0 aromatic rings. The van der Waals surface area contributed by atoms with E-state index in [1.165, 1.54) is 32.1 Å². The molecule has 0 aromatic carbocycles. The molecule has 0 unspecified atom stereocenters. The summed E-state index contributed by atoms with van der Waals surface area (Å²) in [6, 6.07) is 0.990. The largest absolute Gasteiger partial charge is 0.335 e. The first-order chi connectivity index (χ1) is 6.29. The fourth-order valence-corrected chi connectivity index (χ4v) is 3.50. The van der Waals surface area contributed by atoms with Gasteiger partial charge >= 0.3 is 6.03 Å². The smallest absolute Gasteiger partial charge is 0.315 e. The summed E-state index contributed by atoms with van der Waals surface area (Å²) >= 11 is 0. The van der Waals surface area contributed by atoms with Gasteiger partial charge < -0.3 is 10.6 Å². The molecule has 0 atom stereocenters. The molecular formula is C10H16N2O. The second kappa shape index (κ2) is 2.63. The molecule has 2 amide bonds. The van der Waals surface area contributed by atoms with Crippen LogP contribution in [0, 0.1) is 11.8 Å². The number of fused-ring (bicyclic) bond motifs is 2. The van der Waals surface area contributed by atoms with Crippen LogP contribution >= 0.6 is 0 Å². The zero-order valence-corrected chi connectivity index (χ0v) is 7.75. The molecule has 13 heavy (non-hydrogen) atoms. The molecule has 3 heteroatoms. The maximum absolute atomic E-state index is 11.3. The Morgan fingerprint density at radius 3 is 1.77 bits per heavy atom. The van der Waals surface area contributed by atoms with Gasteiger partial charge in [-0.05, 0) is 43.9 Å². The van der Waals surface area contributed by atoms with Crippen LogP contribution in [0.25, 0.3) is 0 Å². The Kier molecular flexibility index (Phi) is 1.55. The molecule has 2 saturated heterocycles. The Labute approximate surface area is 78.3 Å². The van der Waals surface area contributed by atoms with Crippen molar-refractivity contribution in [3.63, 3.8) is 0 Å². The maximum atomic E-state index is 11.3. The number of nitrogens with one attached hydrogen (secondary N) is 2. The van der Waals surface area contributed by atoms with E-state index in [-0.39, 0.29) is 6.03 Å². The normalized spacial score (nSPS) is 47.8. The van der Waals surface area contributed by atoms with E-state index >= 15 is 0 Å². The molecule has 2 aliphatic carbocycles. The average Bonchev–Trinajstić information content (AvgIpc) is 1.99. The summed E-state index contributed by atoms with van der Waals surface area (Å²) in [4.78, 5) is 11.3. The van der Waals surface area contributed by atoms with Crippen LogP contribution in [0.5, 0.6) is 0 Å². The van der Waals surface area contributed by atoms with Gasteiger partial charge in [0.25, 0.3) is 0 Å². The summed E-state index contributed by atoms with van der Waals surface area (Å²) in [5.41, 5.74) is 0. The molecule has 2 N–H and O–H groups in total. The number of hydrogen-bond donors (Lipinski definition) is 2. The van der Waals surface area contributed by atoms with Crippen molar-refractivity contribution in [1.82, 2.24) is 10.6 Å². The van der Waals surface area contributed by atoms with Gasteiger partial charge in [0, 0.05) is 12.1 Å². The summed E-state index contributed by atoms with van der Waals surface area (Å²) in [6.07, 6.45) is 6.30. The summed E-state index contributed by atoms with van der Waals surface area (Å²) < 4.78 is 0. The second-order valence-electron chi connectivity index (χ2n) is 4.92. The third kappa shape index (κ3) is 1.30. The first-order valence-corrected chi connectivity index (χ1v) is 5.36. The Morgan fingerprint density at radius 2 is 1.31 bits per heavy atom. The van der Waals surface area contributed by atoms with Crippen molar-refractivity contribution in [2.24, 2.45) is 11.8 Å². The number of amides is 2. The number of carbonyl (C=O) groups is 1. The minimum atomic E-state index is 0.0637. The summed E-state index contributed by atoms with van der Waals surface area (Å²) in [5, 5.41) is 6.12. The first kappa shape index (κ1) is 7.65. The van der Waals surface area contributed by atoms with Crippen LogP contribution in [-0.4, -0.2) is 18.1 Å². The zero-order chi connectivity index (χ0) is 8.84. The molecule has 3 nitrogen and oxygen atoms in total. The van der Waals surface area contributed by atoms with Gasteiger partial charge in [-0.3, -0.25) is 0 Å². The first-order valence-electron chi connectivity index (χ1n) is 5.36. The predicted octanol–water partition coefficient (Wildman–Crippen LogP) is 1.25. The second-order valence-corrected chi connectivity index (χ2v) is 4.92. The van der Waals surface area contributed by atoms with E-state index in [4.69, 9.17) is 0 Å². The summed E-state index contributed by atoms with van der Waals surface area (Å²) in [7, 11) is 0. The SMILES string of the molecule is O=C1NC2CC3CC(C2)CC(C3)N1. The highest BCUT2D eigenvalue weighted by Crippen LogP contribution is 2.40. The van der Waals surface area contributed by atoms with Gasteiger partial charge in [-0.1, -0.05) is 0 Å². The van der Waals surface area contributed by atoms with E-state index in [1.807, 2.05) is 0 Å². The van der Waals surface area contributed by atoms with Crippen LogP contribution in [0.1, 0.15) is 32.1 Å². The quantitative estimate of drug-likeness (QED) is 0.578. The third-order valence-electron chi connectivity index (χ3n) is 3.81. The molecule has 4 bridgehead atoms. The molecule has 0 radical (unpaired) electrons. The van der Waals surface area contributed by atoms with Crippen molar-refractivity contribution in [2.45, 2.75) is 44.2 Å². The lowest BCUT2D eigenvalue weighted by Gasteiger charge is -2.45. The number of rotatable bonds is 0. The highest BCUT2D eigenvalue weighted by Gasteiger charge is 2.39. The van der Waals surface area contributed by atoms with Crippen LogP contribution < -0.4 is 10.6 Å². The average molecular weight is 180 g/mol. The van der Waals surface area contributed by atoms with Crippen LogP contribution in [0.4, 0.5) is 4.79 Å². The van der Waals surface area contributed by atoms with E-state index in [1.54, 1.807) is 0 Å². The van der Waals surface area contributed by atoms with Crippen molar-refractivity contribution in [2.75, 3.05) is 0 Å². The molecule has 0 spiro atoms. The minimum Gasteiger partial charge on any atom is -0.335 e. The van der Waals surface area contributed by atoms with Crippen molar-refractivity contribution < 1.29 is 4.79 Å². The van der Waals surface area contributed by atoms with Gasteiger partial charge in [-0.25, -0.2) is 4.79 Å². The van der Waals surface area contributed by atoms with Gasteiger partial charge in [-0.15, -0.1) is 0 Å². The van der Waals surface area contributed by atoms with Gasteiger partial charge in [0.1, 0.15) is 0 Å². The molecular weight excluding hydrogens is 164 g/mol. The number of hydrogen-bond acceptors (Lipinski definition) is 1. The summed E-state index contributed by atoms with van der Waals surface area (Å²) in [5.74, 6) is 1.74. The molecule has 72 valence electrons. The fourth-order valence-electron chi connectivity index (χ4n) is 3.50. The topological polar surface area (TPSA) is 41.1 Å². The highest BCUT2D eigenvalue weighted by molar-refractivity contribution is 5.74. The molecule has 2 heterocycles. The maximum Gasteiger partial charge on any atom is 0.315 e. The number of urea groups is 1. The fraction of sp³-hybridized carbons (Fsp3) is 0.900. The lowest BCUT2D eigenvalue weighted by Crippen LogP contribution is -2.56. The molecule has 4 aliphatic rings. The molecule has 0 aromatic heterocycles. The van der Waals surface area contributed by atoms with E-state index in [2.05, 4.69) is 10.6 Å². The van der Waals surface area contributed by atoms with Crippen molar-refractivity contribution in [1.29, 1.82) is 0 Å². The van der Waals surface area contributed by atoms with E-state index in [0.717, 1.165) is 11.8 Å². The standard InChI is InChI=1S/C10H16N2O/c13-10-11-8-2-6-1-7(4-8)5-9(3-6)12-10/h6-9H,1-5H2,(H2,11,12,13). The van der Waals surface area contributed by atoms with Crippen LogP contribution in [-0.2, 0) is 0 Å². The molecule has 4 fully saturated rings. The number of carbonyl (C=O) groups excluding carboxylic acids is 1. The van der Waals surface area contributed by atoms with Gasteiger partial charge in [0.05, 0.1) is 0 Å². The van der Waals surface area contributed by atoms with Gasteiger partial charge in [0.2, 0.25) is 0 Å². The molecule has 4 rings (SSSR count). The van der Waals surface area contributed by atoms with E-state index < -0.39 is 0 Å². The Bertz CT molecular complexity index is 207. The minimum absolute atomic E-state index is 0.0637. The highest BCUT2D eigenvalue weighted by atomic mass is 16.2. The van der Waals surface area contributed by atoms with Gasteiger partial charge in [-0.2, -0.15) is 0 Å². The Hall–Kier alpha value is -0.730. The Balaban J connectivity index is 1.86. The van der Waals surface area contributed by atoms with Crippen LogP contribution in [0.2, 0.25) is 0 Å². The molecule has 2 saturated carbocycles. The monoisotopic (exact) mass is 180 g/mol. The zero-order valence-electron chi connectivity index (χ0n) is 7.75.